The van der Waals surface area contributed by atoms with Crippen LogP contribution in [-0.4, -0.2) is 17.8 Å². The summed E-state index contributed by atoms with van der Waals surface area (Å²) in [4.78, 5) is 0. The monoisotopic (exact) mass is 438 g/mol. The Morgan fingerprint density at radius 1 is 1.11 bits per heavy atom. The number of fused-ring (bicyclic) bond motifs is 3. The summed E-state index contributed by atoms with van der Waals surface area (Å²) in [6.07, 6.45) is 0.463. The van der Waals surface area contributed by atoms with Gasteiger partial charge >= 0.3 is 0 Å². The van der Waals surface area contributed by atoms with Crippen LogP contribution in [0.2, 0.25) is 0 Å². The first-order chi connectivity index (χ1) is 13.6. The molecule has 5 rings (SSSR count). The molecule has 3 aromatic rings. The minimum atomic E-state index is -0.307. The second kappa shape index (κ2) is 6.71. The molecule has 0 radical (unpaired) electrons. The largest absolute Gasteiger partial charge is 0.497 e. The van der Waals surface area contributed by atoms with Gasteiger partial charge in [0, 0.05) is 22.0 Å². The average molecular weight is 439 g/mol. The molecule has 1 aromatic heterocycles. The molecule has 0 spiro atoms. The standard InChI is InChI=1S/C22H19BrN2O3/c1-13-3-9-21(27-13)18-12-19-17-11-15(23)6-10-20(17)28-22(25(19)24-18)14-4-7-16(26-2)8-5-14/h3-11,19,22H,12H2,1-2H3/t19-,22+/m1/s1. The number of benzene rings is 2. The lowest BCUT2D eigenvalue weighted by Gasteiger charge is -2.38. The Balaban J connectivity index is 1.58. The van der Waals surface area contributed by atoms with Gasteiger partial charge in [-0.2, -0.15) is 5.10 Å². The van der Waals surface area contributed by atoms with Crippen LogP contribution in [0.5, 0.6) is 11.5 Å². The number of ether oxygens (including phenoxy) is 2. The van der Waals surface area contributed by atoms with Crippen molar-refractivity contribution in [2.45, 2.75) is 25.6 Å². The van der Waals surface area contributed by atoms with Gasteiger partial charge in [0.2, 0.25) is 6.23 Å². The molecule has 142 valence electrons. The molecule has 0 N–H and O–H groups in total. The molecule has 5 nitrogen and oxygen atoms in total. The van der Waals surface area contributed by atoms with Gasteiger partial charge in [-0.15, -0.1) is 0 Å². The molecule has 0 amide bonds. The van der Waals surface area contributed by atoms with E-state index in [-0.39, 0.29) is 12.3 Å². The fourth-order valence-electron chi connectivity index (χ4n) is 3.79. The fraction of sp³-hybridized carbons (Fsp3) is 0.227. The Morgan fingerprint density at radius 3 is 2.64 bits per heavy atom. The molecule has 6 heteroatoms. The Labute approximate surface area is 171 Å². The maximum atomic E-state index is 6.38. The van der Waals surface area contributed by atoms with Crippen molar-refractivity contribution in [3.05, 3.63) is 81.7 Å². The third kappa shape index (κ3) is 2.88. The maximum absolute atomic E-state index is 6.38. The predicted octanol–water partition coefficient (Wildman–Crippen LogP) is 5.60. The first kappa shape index (κ1) is 17.4. The zero-order valence-corrected chi connectivity index (χ0v) is 17.1. The van der Waals surface area contributed by atoms with Gasteiger partial charge in [-0.25, -0.2) is 5.01 Å². The highest BCUT2D eigenvalue weighted by Gasteiger charge is 2.41. The van der Waals surface area contributed by atoms with Crippen LogP contribution >= 0.6 is 15.9 Å². The maximum Gasteiger partial charge on any atom is 0.213 e. The summed E-state index contributed by atoms with van der Waals surface area (Å²) in [5, 5.41) is 6.95. The summed E-state index contributed by atoms with van der Waals surface area (Å²) in [7, 11) is 1.67. The van der Waals surface area contributed by atoms with Crippen molar-refractivity contribution >= 4 is 21.6 Å². The lowest BCUT2D eigenvalue weighted by molar-refractivity contribution is -0.0191. The van der Waals surface area contributed by atoms with E-state index in [1.807, 2.05) is 60.5 Å². The summed E-state index contributed by atoms with van der Waals surface area (Å²) in [5.74, 6) is 3.40. The first-order valence-electron chi connectivity index (χ1n) is 9.15. The zero-order chi connectivity index (χ0) is 19.3. The van der Waals surface area contributed by atoms with Gasteiger partial charge in [-0.3, -0.25) is 0 Å². The van der Waals surface area contributed by atoms with Crippen molar-refractivity contribution in [3.63, 3.8) is 0 Å². The summed E-state index contributed by atoms with van der Waals surface area (Å²) in [5.41, 5.74) is 3.09. The van der Waals surface area contributed by atoms with E-state index in [1.54, 1.807) is 7.11 Å². The van der Waals surface area contributed by atoms with E-state index in [1.165, 1.54) is 0 Å². The van der Waals surface area contributed by atoms with E-state index in [0.29, 0.717) is 0 Å². The van der Waals surface area contributed by atoms with Gasteiger partial charge in [-0.05, 0) is 61.5 Å². The van der Waals surface area contributed by atoms with Crippen molar-refractivity contribution < 1.29 is 13.9 Å². The molecule has 0 saturated heterocycles. The SMILES string of the molecule is COc1ccc([C@@H]2Oc3ccc(Br)cc3[C@H]3CC(c4ccc(C)o4)=NN32)cc1. The van der Waals surface area contributed by atoms with Crippen LogP contribution in [0.3, 0.4) is 0 Å². The summed E-state index contributed by atoms with van der Waals surface area (Å²) >= 11 is 3.58. The Hall–Kier alpha value is -2.73. The van der Waals surface area contributed by atoms with Crippen LogP contribution < -0.4 is 9.47 Å². The lowest BCUT2D eigenvalue weighted by atomic mass is 9.97. The van der Waals surface area contributed by atoms with Crippen molar-refractivity contribution in [1.29, 1.82) is 0 Å². The molecule has 2 aliphatic rings. The Morgan fingerprint density at radius 2 is 1.93 bits per heavy atom. The zero-order valence-electron chi connectivity index (χ0n) is 15.6. The lowest BCUT2D eigenvalue weighted by Crippen LogP contribution is -2.33. The number of furan rings is 1. The van der Waals surface area contributed by atoms with Crippen molar-refractivity contribution in [2.24, 2.45) is 5.10 Å². The van der Waals surface area contributed by atoms with Crippen LogP contribution in [0.15, 0.2) is 68.6 Å². The molecule has 0 saturated carbocycles. The van der Waals surface area contributed by atoms with E-state index in [2.05, 4.69) is 22.0 Å². The molecule has 2 aliphatic heterocycles. The first-order valence-corrected chi connectivity index (χ1v) is 9.94. The fourth-order valence-corrected chi connectivity index (χ4v) is 4.16. The number of aryl methyl sites for hydroxylation is 1. The molecule has 0 unspecified atom stereocenters. The highest BCUT2D eigenvalue weighted by atomic mass is 79.9. The molecule has 2 aromatic carbocycles. The van der Waals surface area contributed by atoms with Gasteiger partial charge in [0.1, 0.15) is 28.7 Å². The Kier molecular flexibility index (Phi) is 4.16. The highest BCUT2D eigenvalue weighted by Crippen LogP contribution is 2.48. The van der Waals surface area contributed by atoms with E-state index in [0.717, 1.165) is 50.8 Å². The van der Waals surface area contributed by atoms with Crippen LogP contribution in [-0.2, 0) is 0 Å². The van der Waals surface area contributed by atoms with E-state index in [4.69, 9.17) is 19.0 Å². The molecule has 0 fully saturated rings. The van der Waals surface area contributed by atoms with E-state index in [9.17, 15) is 0 Å². The van der Waals surface area contributed by atoms with Gasteiger partial charge < -0.3 is 13.9 Å². The molecule has 0 bridgehead atoms. The molecule has 2 atom stereocenters. The summed E-state index contributed by atoms with van der Waals surface area (Å²) in [6.45, 7) is 1.95. The number of methoxy groups -OCH3 is 1. The van der Waals surface area contributed by atoms with Gasteiger partial charge in [0.25, 0.3) is 0 Å². The summed E-state index contributed by atoms with van der Waals surface area (Å²) in [6, 6.07) is 18.1. The number of hydrazone groups is 1. The second-order valence-corrected chi connectivity index (χ2v) is 7.90. The third-order valence-corrected chi connectivity index (χ3v) is 5.67. The smallest absolute Gasteiger partial charge is 0.213 e. The number of nitrogens with zero attached hydrogens (tertiary/aromatic N) is 2. The number of hydrogen-bond donors (Lipinski definition) is 0. The highest BCUT2D eigenvalue weighted by molar-refractivity contribution is 9.10. The Bertz CT molecular complexity index is 1060. The number of halogens is 1. The quantitative estimate of drug-likeness (QED) is 0.533. The van der Waals surface area contributed by atoms with Crippen LogP contribution in [0, 0.1) is 6.92 Å². The van der Waals surface area contributed by atoms with E-state index < -0.39 is 0 Å². The molecular weight excluding hydrogens is 420 g/mol. The van der Waals surface area contributed by atoms with Gasteiger partial charge in [-0.1, -0.05) is 15.9 Å². The average Bonchev–Trinajstić information content (AvgIpc) is 3.34. The molecular formula is C22H19BrN2O3. The summed E-state index contributed by atoms with van der Waals surface area (Å²) < 4.78 is 18.5. The predicted molar refractivity (Wildman–Crippen MR) is 110 cm³/mol. The topological polar surface area (TPSA) is 47.2 Å². The molecule has 28 heavy (non-hydrogen) atoms. The number of hydrogen-bond acceptors (Lipinski definition) is 5. The third-order valence-electron chi connectivity index (χ3n) is 5.18. The van der Waals surface area contributed by atoms with Crippen molar-refractivity contribution in [1.82, 2.24) is 5.01 Å². The minimum absolute atomic E-state index is 0.0914. The van der Waals surface area contributed by atoms with E-state index >= 15 is 0 Å². The second-order valence-electron chi connectivity index (χ2n) is 6.98. The van der Waals surface area contributed by atoms with Crippen LogP contribution in [0.4, 0.5) is 0 Å². The molecule has 0 aliphatic carbocycles. The van der Waals surface area contributed by atoms with Crippen LogP contribution in [0.1, 0.15) is 41.3 Å². The van der Waals surface area contributed by atoms with Gasteiger partial charge in [0.05, 0.1) is 13.2 Å². The number of rotatable bonds is 3. The molecule has 3 heterocycles. The normalized spacial score (nSPS) is 20.2. The van der Waals surface area contributed by atoms with Crippen molar-refractivity contribution in [3.8, 4) is 11.5 Å². The minimum Gasteiger partial charge on any atom is -0.497 e. The van der Waals surface area contributed by atoms with Gasteiger partial charge in [0.15, 0.2) is 0 Å². The van der Waals surface area contributed by atoms with Crippen molar-refractivity contribution in [2.75, 3.05) is 7.11 Å². The van der Waals surface area contributed by atoms with Crippen LogP contribution in [0.25, 0.3) is 0 Å².